The van der Waals surface area contributed by atoms with Crippen molar-refractivity contribution in [2.45, 2.75) is 46.0 Å². The molecule has 2 aromatic rings. The molecule has 0 unspecified atom stereocenters. The van der Waals surface area contributed by atoms with Gasteiger partial charge in [0, 0.05) is 30.4 Å². The first kappa shape index (κ1) is 17.5. The van der Waals surface area contributed by atoms with Crippen LogP contribution in [0.1, 0.15) is 49.1 Å². The monoisotopic (exact) mass is 337 g/mol. The van der Waals surface area contributed by atoms with Crippen LogP contribution >= 0.6 is 0 Å². The predicted octanol–water partition coefficient (Wildman–Crippen LogP) is 4.30. The maximum absolute atomic E-state index is 12.5. The van der Waals surface area contributed by atoms with Gasteiger partial charge in [-0.3, -0.25) is 4.79 Å². The van der Waals surface area contributed by atoms with Gasteiger partial charge in [0.1, 0.15) is 0 Å². The molecule has 0 aliphatic carbocycles. The average molecular weight is 337 g/mol. The molecule has 25 heavy (non-hydrogen) atoms. The number of amides is 1. The zero-order valence-electron chi connectivity index (χ0n) is 15.2. The lowest BCUT2D eigenvalue weighted by molar-refractivity contribution is -0.126. The second-order valence-electron chi connectivity index (χ2n) is 6.76. The van der Waals surface area contributed by atoms with E-state index < -0.39 is 0 Å². The first-order chi connectivity index (χ1) is 12.2. The molecule has 0 radical (unpaired) electrons. The van der Waals surface area contributed by atoms with Gasteiger partial charge in [0.05, 0.1) is 11.4 Å². The van der Waals surface area contributed by atoms with Gasteiger partial charge in [-0.1, -0.05) is 37.5 Å². The molecular formula is C21H27N3O. The molecule has 1 fully saturated rings. The lowest BCUT2D eigenvalue weighted by Gasteiger charge is -2.23. The third-order valence-electron chi connectivity index (χ3n) is 4.91. The molecule has 1 aliphatic rings. The van der Waals surface area contributed by atoms with Gasteiger partial charge in [-0.25, -0.2) is 4.68 Å². The molecule has 4 heteroatoms. The Bertz CT molecular complexity index is 738. The van der Waals surface area contributed by atoms with Crippen LogP contribution in [0.4, 0.5) is 0 Å². The highest BCUT2D eigenvalue weighted by molar-refractivity contribution is 5.92. The van der Waals surface area contributed by atoms with Crippen molar-refractivity contribution in [3.05, 3.63) is 53.4 Å². The van der Waals surface area contributed by atoms with Gasteiger partial charge in [0.25, 0.3) is 0 Å². The van der Waals surface area contributed by atoms with E-state index in [1.165, 1.54) is 19.3 Å². The van der Waals surface area contributed by atoms with E-state index in [9.17, 15) is 4.79 Å². The molecule has 1 aromatic heterocycles. The minimum Gasteiger partial charge on any atom is -0.339 e. The largest absolute Gasteiger partial charge is 0.339 e. The zero-order chi connectivity index (χ0) is 17.6. The Hall–Kier alpha value is -2.36. The molecule has 2 heterocycles. The maximum Gasteiger partial charge on any atom is 0.246 e. The number of benzene rings is 1. The number of nitrogens with zero attached hydrogens (tertiary/aromatic N) is 3. The number of hydrogen-bond acceptors (Lipinski definition) is 2. The van der Waals surface area contributed by atoms with Crippen LogP contribution in [0, 0.1) is 13.8 Å². The van der Waals surface area contributed by atoms with Crippen LogP contribution in [0.15, 0.2) is 36.4 Å². The first-order valence-corrected chi connectivity index (χ1v) is 9.25. The minimum atomic E-state index is 0.119. The van der Waals surface area contributed by atoms with Gasteiger partial charge in [-0.15, -0.1) is 0 Å². The molecule has 0 bridgehead atoms. The molecule has 1 aliphatic heterocycles. The Labute approximate surface area is 150 Å². The number of para-hydroxylation sites is 1. The number of aromatic nitrogens is 2. The Kier molecular flexibility index (Phi) is 5.69. The molecule has 0 saturated carbocycles. The third-order valence-corrected chi connectivity index (χ3v) is 4.91. The van der Waals surface area contributed by atoms with E-state index in [-0.39, 0.29) is 5.91 Å². The summed E-state index contributed by atoms with van der Waals surface area (Å²) in [6.07, 6.45) is 9.64. The van der Waals surface area contributed by atoms with E-state index in [0.717, 1.165) is 48.6 Å². The highest BCUT2D eigenvalue weighted by Gasteiger charge is 2.14. The molecule has 1 aromatic carbocycles. The molecular weight excluding hydrogens is 310 g/mol. The highest BCUT2D eigenvalue weighted by atomic mass is 16.2. The summed E-state index contributed by atoms with van der Waals surface area (Å²) >= 11 is 0. The number of carbonyl (C=O) groups is 1. The predicted molar refractivity (Wildman–Crippen MR) is 102 cm³/mol. The van der Waals surface area contributed by atoms with Crippen LogP contribution in [0.25, 0.3) is 11.8 Å². The second-order valence-corrected chi connectivity index (χ2v) is 6.76. The minimum absolute atomic E-state index is 0.119. The number of aryl methyl sites for hydroxylation is 1. The van der Waals surface area contributed by atoms with Crippen molar-refractivity contribution in [2.24, 2.45) is 0 Å². The van der Waals surface area contributed by atoms with E-state index in [1.807, 2.05) is 59.8 Å². The van der Waals surface area contributed by atoms with E-state index in [2.05, 4.69) is 5.10 Å². The molecule has 1 saturated heterocycles. The van der Waals surface area contributed by atoms with Crippen LogP contribution in [-0.4, -0.2) is 33.7 Å². The summed E-state index contributed by atoms with van der Waals surface area (Å²) in [5, 5.41) is 4.64. The van der Waals surface area contributed by atoms with Crippen molar-refractivity contribution in [3.63, 3.8) is 0 Å². The maximum atomic E-state index is 12.5. The molecule has 4 nitrogen and oxygen atoms in total. The fraction of sp³-hybridized carbons (Fsp3) is 0.429. The van der Waals surface area contributed by atoms with E-state index >= 15 is 0 Å². The van der Waals surface area contributed by atoms with Crippen LogP contribution in [-0.2, 0) is 4.79 Å². The third kappa shape index (κ3) is 4.19. The fourth-order valence-electron chi connectivity index (χ4n) is 3.44. The van der Waals surface area contributed by atoms with Crippen molar-refractivity contribution >= 4 is 12.0 Å². The molecule has 0 N–H and O–H groups in total. The lowest BCUT2D eigenvalue weighted by atomic mass is 10.1. The summed E-state index contributed by atoms with van der Waals surface area (Å²) in [7, 11) is 0. The Morgan fingerprint density at radius 1 is 1.00 bits per heavy atom. The smallest absolute Gasteiger partial charge is 0.246 e. The standard InChI is InChI=1S/C21H27N3O/c1-17-20(18(2)24(22-17)19-11-7-6-8-12-19)13-14-21(25)23-15-9-4-3-5-10-16-23/h6-8,11-14H,3-5,9-10,15-16H2,1-2H3/b14-13+. The number of likely N-dealkylation sites (tertiary alicyclic amines) is 1. The van der Waals surface area contributed by atoms with Crippen molar-refractivity contribution in [3.8, 4) is 5.69 Å². The lowest BCUT2D eigenvalue weighted by Crippen LogP contribution is -2.32. The Morgan fingerprint density at radius 2 is 1.64 bits per heavy atom. The van der Waals surface area contributed by atoms with Gasteiger partial charge in [0.15, 0.2) is 0 Å². The van der Waals surface area contributed by atoms with Gasteiger partial charge < -0.3 is 4.90 Å². The summed E-state index contributed by atoms with van der Waals surface area (Å²) < 4.78 is 1.94. The van der Waals surface area contributed by atoms with Gasteiger partial charge >= 0.3 is 0 Å². The molecule has 0 atom stereocenters. The van der Waals surface area contributed by atoms with E-state index in [4.69, 9.17) is 0 Å². The number of hydrogen-bond donors (Lipinski definition) is 0. The molecule has 3 rings (SSSR count). The summed E-state index contributed by atoms with van der Waals surface area (Å²) in [5.41, 5.74) is 4.07. The summed E-state index contributed by atoms with van der Waals surface area (Å²) in [4.78, 5) is 14.5. The normalized spacial score (nSPS) is 16.0. The second kappa shape index (κ2) is 8.15. The summed E-state index contributed by atoms with van der Waals surface area (Å²) in [6, 6.07) is 10.1. The average Bonchev–Trinajstić information content (AvgIpc) is 2.87. The number of carbonyl (C=O) groups excluding carboxylic acids is 1. The van der Waals surface area contributed by atoms with Gasteiger partial charge in [0.2, 0.25) is 5.91 Å². The fourth-order valence-corrected chi connectivity index (χ4v) is 3.44. The van der Waals surface area contributed by atoms with Crippen molar-refractivity contribution < 1.29 is 4.79 Å². The van der Waals surface area contributed by atoms with Gasteiger partial charge in [-0.2, -0.15) is 5.10 Å². The van der Waals surface area contributed by atoms with Crippen LogP contribution in [0.2, 0.25) is 0 Å². The Balaban J connectivity index is 1.77. The number of rotatable bonds is 3. The highest BCUT2D eigenvalue weighted by Crippen LogP contribution is 2.19. The quantitative estimate of drug-likeness (QED) is 0.783. The topological polar surface area (TPSA) is 38.1 Å². The van der Waals surface area contributed by atoms with Crippen LogP contribution in [0.3, 0.4) is 0 Å². The first-order valence-electron chi connectivity index (χ1n) is 9.25. The molecule has 0 spiro atoms. The molecule has 132 valence electrons. The van der Waals surface area contributed by atoms with Crippen molar-refractivity contribution in [1.82, 2.24) is 14.7 Å². The summed E-state index contributed by atoms with van der Waals surface area (Å²) in [5.74, 6) is 0.119. The Morgan fingerprint density at radius 3 is 2.32 bits per heavy atom. The van der Waals surface area contributed by atoms with Crippen LogP contribution < -0.4 is 0 Å². The SMILES string of the molecule is Cc1nn(-c2ccccc2)c(C)c1/C=C/C(=O)N1CCCCCCC1. The van der Waals surface area contributed by atoms with Crippen LogP contribution in [0.5, 0.6) is 0 Å². The van der Waals surface area contributed by atoms with Crippen molar-refractivity contribution in [1.29, 1.82) is 0 Å². The molecule has 1 amide bonds. The van der Waals surface area contributed by atoms with Gasteiger partial charge in [-0.05, 0) is 44.9 Å². The summed E-state index contributed by atoms with van der Waals surface area (Å²) in [6.45, 7) is 5.80. The van der Waals surface area contributed by atoms with Crippen molar-refractivity contribution in [2.75, 3.05) is 13.1 Å². The zero-order valence-corrected chi connectivity index (χ0v) is 15.2. The van der Waals surface area contributed by atoms with E-state index in [0.29, 0.717) is 0 Å². The van der Waals surface area contributed by atoms with E-state index in [1.54, 1.807) is 6.08 Å².